The molecule has 2 unspecified atom stereocenters. The van der Waals surface area contributed by atoms with Crippen molar-refractivity contribution in [1.82, 2.24) is 15.6 Å². The van der Waals surface area contributed by atoms with Crippen molar-refractivity contribution in [1.29, 1.82) is 0 Å². The molecule has 2 N–H and O–H groups in total. The quantitative estimate of drug-likeness (QED) is 0.896. The van der Waals surface area contributed by atoms with Crippen molar-refractivity contribution in [2.24, 2.45) is 0 Å². The van der Waals surface area contributed by atoms with Crippen molar-refractivity contribution in [2.45, 2.75) is 51.1 Å². The molecule has 120 valence electrons. The first-order valence-electron chi connectivity index (χ1n) is 8.50. The van der Waals surface area contributed by atoms with E-state index in [0.29, 0.717) is 11.6 Å². The topological polar surface area (TPSA) is 57.3 Å². The van der Waals surface area contributed by atoms with E-state index in [4.69, 9.17) is 0 Å². The zero-order chi connectivity index (χ0) is 15.4. The maximum Gasteiger partial charge on any atom is 0.255 e. The zero-order valence-electron chi connectivity index (χ0n) is 13.3. The van der Waals surface area contributed by atoms with Crippen LogP contribution in [0.4, 0.5) is 5.82 Å². The molecular formula is C17H26N4O. The van der Waals surface area contributed by atoms with Gasteiger partial charge in [0.25, 0.3) is 5.91 Å². The molecule has 3 rings (SSSR count). The smallest absolute Gasteiger partial charge is 0.255 e. The standard InChI is InChI=1S/C17H26N4O/c1-13-15(8-6-9-18-13)20-17(22)14-7-5-10-19-16(14)21-11-3-2-4-12-21/h5,7,10,13,15,18H,2-4,6,8-9,11-12H2,1H3,(H,20,22). The number of amides is 1. The third-order valence-corrected chi connectivity index (χ3v) is 4.77. The van der Waals surface area contributed by atoms with Crippen LogP contribution in [-0.2, 0) is 0 Å². The number of nitrogens with one attached hydrogen (secondary N) is 2. The van der Waals surface area contributed by atoms with Gasteiger partial charge in [0.05, 0.1) is 5.56 Å². The Morgan fingerprint density at radius 1 is 1.32 bits per heavy atom. The van der Waals surface area contributed by atoms with Crippen LogP contribution < -0.4 is 15.5 Å². The van der Waals surface area contributed by atoms with E-state index in [-0.39, 0.29) is 11.9 Å². The third-order valence-electron chi connectivity index (χ3n) is 4.77. The normalized spacial score (nSPS) is 25.8. The summed E-state index contributed by atoms with van der Waals surface area (Å²) >= 11 is 0. The molecule has 1 amide bonds. The maximum absolute atomic E-state index is 12.7. The summed E-state index contributed by atoms with van der Waals surface area (Å²) in [5.41, 5.74) is 0.710. The van der Waals surface area contributed by atoms with Gasteiger partial charge in [-0.1, -0.05) is 0 Å². The van der Waals surface area contributed by atoms with Crippen LogP contribution in [0.3, 0.4) is 0 Å². The average molecular weight is 302 g/mol. The van der Waals surface area contributed by atoms with Crippen LogP contribution >= 0.6 is 0 Å². The van der Waals surface area contributed by atoms with Crippen molar-refractivity contribution in [2.75, 3.05) is 24.5 Å². The summed E-state index contributed by atoms with van der Waals surface area (Å²) in [6.07, 6.45) is 7.57. The largest absolute Gasteiger partial charge is 0.356 e. The lowest BCUT2D eigenvalue weighted by Crippen LogP contribution is -2.52. The Morgan fingerprint density at radius 2 is 2.14 bits per heavy atom. The summed E-state index contributed by atoms with van der Waals surface area (Å²) in [6, 6.07) is 4.28. The number of piperidine rings is 2. The molecule has 2 aliphatic rings. The van der Waals surface area contributed by atoms with E-state index < -0.39 is 0 Å². The van der Waals surface area contributed by atoms with Gasteiger partial charge in [-0.2, -0.15) is 0 Å². The number of nitrogens with zero attached hydrogens (tertiary/aromatic N) is 2. The lowest BCUT2D eigenvalue weighted by Gasteiger charge is -2.32. The Balaban J connectivity index is 1.74. The molecule has 22 heavy (non-hydrogen) atoms. The second-order valence-corrected chi connectivity index (χ2v) is 6.39. The van der Waals surface area contributed by atoms with Crippen LogP contribution in [0, 0.1) is 0 Å². The molecule has 0 bridgehead atoms. The fraction of sp³-hybridized carbons (Fsp3) is 0.647. The van der Waals surface area contributed by atoms with Crippen LogP contribution in [0.2, 0.25) is 0 Å². The summed E-state index contributed by atoms with van der Waals surface area (Å²) in [4.78, 5) is 19.5. The Morgan fingerprint density at radius 3 is 2.91 bits per heavy atom. The van der Waals surface area contributed by atoms with Crippen molar-refractivity contribution >= 4 is 11.7 Å². The first-order chi connectivity index (χ1) is 10.8. The highest BCUT2D eigenvalue weighted by atomic mass is 16.1. The number of hydrogen-bond donors (Lipinski definition) is 2. The Labute approximate surface area is 132 Å². The molecule has 1 aromatic heterocycles. The molecule has 3 heterocycles. The number of rotatable bonds is 3. The van der Waals surface area contributed by atoms with Gasteiger partial charge in [-0.3, -0.25) is 4.79 Å². The SMILES string of the molecule is CC1NCCCC1NC(=O)c1cccnc1N1CCCCC1. The number of anilines is 1. The number of hydrogen-bond acceptors (Lipinski definition) is 4. The van der Waals surface area contributed by atoms with E-state index in [1.807, 2.05) is 12.1 Å². The molecule has 0 aromatic carbocycles. The molecule has 0 saturated carbocycles. The van der Waals surface area contributed by atoms with Gasteiger partial charge in [0.1, 0.15) is 5.82 Å². The number of pyridine rings is 1. The number of aromatic nitrogens is 1. The zero-order valence-corrected chi connectivity index (χ0v) is 13.3. The van der Waals surface area contributed by atoms with Gasteiger partial charge in [0.15, 0.2) is 0 Å². The molecule has 2 atom stereocenters. The Bertz CT molecular complexity index is 513. The van der Waals surface area contributed by atoms with E-state index in [9.17, 15) is 4.79 Å². The van der Waals surface area contributed by atoms with Crippen molar-refractivity contribution in [3.05, 3.63) is 23.9 Å². The summed E-state index contributed by atoms with van der Waals surface area (Å²) in [5.74, 6) is 0.852. The molecule has 1 aromatic rings. The molecule has 0 radical (unpaired) electrons. The maximum atomic E-state index is 12.7. The van der Waals surface area contributed by atoms with Crippen LogP contribution in [0.25, 0.3) is 0 Å². The van der Waals surface area contributed by atoms with Crippen LogP contribution in [0.15, 0.2) is 18.3 Å². The highest BCUT2D eigenvalue weighted by Gasteiger charge is 2.25. The van der Waals surface area contributed by atoms with Gasteiger partial charge < -0.3 is 15.5 Å². The van der Waals surface area contributed by atoms with Crippen LogP contribution in [0.1, 0.15) is 49.4 Å². The van der Waals surface area contributed by atoms with Crippen molar-refractivity contribution < 1.29 is 4.79 Å². The highest BCUT2D eigenvalue weighted by molar-refractivity contribution is 5.99. The first-order valence-corrected chi connectivity index (χ1v) is 8.50. The van der Waals surface area contributed by atoms with E-state index in [1.54, 1.807) is 6.20 Å². The second-order valence-electron chi connectivity index (χ2n) is 6.39. The molecule has 5 nitrogen and oxygen atoms in total. The molecule has 2 aliphatic heterocycles. The molecule has 0 spiro atoms. The van der Waals surface area contributed by atoms with Gasteiger partial charge in [-0.05, 0) is 57.7 Å². The van der Waals surface area contributed by atoms with E-state index in [0.717, 1.165) is 38.3 Å². The molecule has 5 heteroatoms. The van der Waals surface area contributed by atoms with Gasteiger partial charge in [-0.15, -0.1) is 0 Å². The van der Waals surface area contributed by atoms with Crippen molar-refractivity contribution in [3.63, 3.8) is 0 Å². The number of carbonyl (C=O) groups is 1. The molecule has 2 fully saturated rings. The fourth-order valence-electron chi connectivity index (χ4n) is 3.42. The monoisotopic (exact) mass is 302 g/mol. The van der Waals surface area contributed by atoms with Gasteiger partial charge in [-0.25, -0.2) is 4.98 Å². The molecular weight excluding hydrogens is 276 g/mol. The predicted molar refractivity (Wildman–Crippen MR) is 88.3 cm³/mol. The summed E-state index contributed by atoms with van der Waals surface area (Å²) in [6.45, 7) is 5.18. The molecule has 2 saturated heterocycles. The Kier molecular flexibility index (Phi) is 4.93. The van der Waals surface area contributed by atoms with Crippen LogP contribution in [-0.4, -0.2) is 42.6 Å². The van der Waals surface area contributed by atoms with Crippen LogP contribution in [0.5, 0.6) is 0 Å². The van der Waals surface area contributed by atoms with E-state index in [2.05, 4.69) is 27.4 Å². The first kappa shape index (κ1) is 15.3. The minimum Gasteiger partial charge on any atom is -0.356 e. The molecule has 0 aliphatic carbocycles. The average Bonchev–Trinajstić information content (AvgIpc) is 2.58. The summed E-state index contributed by atoms with van der Waals surface area (Å²) in [5, 5.41) is 6.62. The second kappa shape index (κ2) is 7.09. The van der Waals surface area contributed by atoms with Gasteiger partial charge in [0.2, 0.25) is 0 Å². The summed E-state index contributed by atoms with van der Waals surface area (Å²) < 4.78 is 0. The number of carbonyl (C=O) groups excluding carboxylic acids is 1. The highest BCUT2D eigenvalue weighted by Crippen LogP contribution is 2.22. The van der Waals surface area contributed by atoms with Gasteiger partial charge >= 0.3 is 0 Å². The lowest BCUT2D eigenvalue weighted by atomic mass is 9.99. The predicted octanol–water partition coefficient (Wildman–Crippen LogP) is 1.94. The van der Waals surface area contributed by atoms with Gasteiger partial charge in [0, 0.05) is 31.4 Å². The fourth-order valence-corrected chi connectivity index (χ4v) is 3.42. The summed E-state index contributed by atoms with van der Waals surface area (Å²) in [7, 11) is 0. The minimum atomic E-state index is 0.00854. The minimum absolute atomic E-state index is 0.00854. The lowest BCUT2D eigenvalue weighted by molar-refractivity contribution is 0.0920. The van der Waals surface area contributed by atoms with Crippen molar-refractivity contribution in [3.8, 4) is 0 Å². The van der Waals surface area contributed by atoms with E-state index >= 15 is 0 Å². The Hall–Kier alpha value is -1.62. The van der Waals surface area contributed by atoms with E-state index in [1.165, 1.54) is 19.3 Å². The third kappa shape index (κ3) is 3.40.